The van der Waals surface area contributed by atoms with Gasteiger partial charge in [-0.1, -0.05) is 26.0 Å². The summed E-state index contributed by atoms with van der Waals surface area (Å²) in [5.41, 5.74) is 1.72. The van der Waals surface area contributed by atoms with Crippen molar-refractivity contribution >= 4 is 17.1 Å². The molecular formula is C16H23N3O2. The Hall–Kier alpha value is -1.59. The number of ether oxygens (including phenoxy) is 1. The zero-order valence-corrected chi connectivity index (χ0v) is 12.7. The van der Waals surface area contributed by atoms with Crippen molar-refractivity contribution in [1.29, 1.82) is 0 Å². The number of oxazole rings is 1. The molecule has 1 aromatic heterocycles. The molecule has 1 fully saturated rings. The van der Waals surface area contributed by atoms with Gasteiger partial charge in [0.15, 0.2) is 5.58 Å². The van der Waals surface area contributed by atoms with E-state index < -0.39 is 0 Å². The largest absolute Gasteiger partial charge is 0.424 e. The second kappa shape index (κ2) is 6.45. The maximum absolute atomic E-state index is 5.72. The summed E-state index contributed by atoms with van der Waals surface area (Å²) in [4.78, 5) is 6.96. The minimum atomic E-state index is 0.462. The highest BCUT2D eigenvalue weighted by molar-refractivity contribution is 5.74. The lowest BCUT2D eigenvalue weighted by atomic mass is 10.0. The average Bonchev–Trinajstić information content (AvgIpc) is 2.91. The van der Waals surface area contributed by atoms with E-state index >= 15 is 0 Å². The number of para-hydroxylation sites is 2. The second-order valence-corrected chi connectivity index (χ2v) is 5.83. The number of nitrogens with one attached hydrogen (secondary N) is 1. The van der Waals surface area contributed by atoms with Crippen molar-refractivity contribution in [3.8, 4) is 0 Å². The van der Waals surface area contributed by atoms with Crippen molar-refractivity contribution in [3.63, 3.8) is 0 Å². The molecule has 1 N–H and O–H groups in total. The number of aromatic nitrogens is 1. The first-order valence-electron chi connectivity index (χ1n) is 7.65. The molecule has 5 nitrogen and oxygen atoms in total. The number of benzene rings is 1. The maximum Gasteiger partial charge on any atom is 0.295 e. The SMILES string of the molecule is CC(C)C(CNc1nc2ccccc2o1)N1CCOCC1. The van der Waals surface area contributed by atoms with Gasteiger partial charge in [0.05, 0.1) is 13.2 Å². The molecule has 0 radical (unpaired) electrons. The number of anilines is 1. The molecule has 1 aliphatic heterocycles. The number of nitrogens with zero attached hydrogens (tertiary/aromatic N) is 2. The highest BCUT2D eigenvalue weighted by Gasteiger charge is 2.24. The fourth-order valence-corrected chi connectivity index (χ4v) is 2.84. The summed E-state index contributed by atoms with van der Waals surface area (Å²) in [7, 11) is 0. The van der Waals surface area contributed by atoms with Crippen molar-refractivity contribution in [1.82, 2.24) is 9.88 Å². The second-order valence-electron chi connectivity index (χ2n) is 5.83. The molecule has 2 aromatic rings. The van der Waals surface area contributed by atoms with Gasteiger partial charge in [0.25, 0.3) is 6.01 Å². The van der Waals surface area contributed by atoms with Crippen molar-refractivity contribution in [2.24, 2.45) is 5.92 Å². The van der Waals surface area contributed by atoms with Gasteiger partial charge in [-0.2, -0.15) is 4.98 Å². The summed E-state index contributed by atoms with van der Waals surface area (Å²) in [5, 5.41) is 3.35. The molecule has 0 aliphatic carbocycles. The molecular weight excluding hydrogens is 266 g/mol. The Bertz CT molecular complexity index is 543. The molecule has 2 heterocycles. The van der Waals surface area contributed by atoms with Gasteiger partial charge in [-0.25, -0.2) is 0 Å². The van der Waals surface area contributed by atoms with Gasteiger partial charge in [-0.05, 0) is 18.1 Å². The summed E-state index contributed by atoms with van der Waals surface area (Å²) in [6, 6.07) is 8.90. The number of hydrogen-bond donors (Lipinski definition) is 1. The first kappa shape index (κ1) is 14.4. The van der Waals surface area contributed by atoms with Crippen LogP contribution in [0, 0.1) is 5.92 Å². The third-order valence-corrected chi connectivity index (χ3v) is 4.04. The third-order valence-electron chi connectivity index (χ3n) is 4.04. The Kier molecular flexibility index (Phi) is 4.41. The molecule has 114 valence electrons. The van der Waals surface area contributed by atoms with Crippen LogP contribution in [0.25, 0.3) is 11.1 Å². The molecule has 5 heteroatoms. The van der Waals surface area contributed by atoms with E-state index in [4.69, 9.17) is 9.15 Å². The highest BCUT2D eigenvalue weighted by atomic mass is 16.5. The number of hydrogen-bond acceptors (Lipinski definition) is 5. The summed E-state index contributed by atoms with van der Waals surface area (Å²) in [6.07, 6.45) is 0. The van der Waals surface area contributed by atoms with Crippen LogP contribution in [0.15, 0.2) is 28.7 Å². The molecule has 0 bridgehead atoms. The van der Waals surface area contributed by atoms with Crippen LogP contribution in [0.2, 0.25) is 0 Å². The lowest BCUT2D eigenvalue weighted by molar-refractivity contribution is 0.00945. The van der Waals surface area contributed by atoms with Crippen LogP contribution in [-0.2, 0) is 4.74 Å². The molecule has 3 rings (SSSR count). The topological polar surface area (TPSA) is 50.5 Å². The Morgan fingerprint density at radius 1 is 1.24 bits per heavy atom. The zero-order valence-electron chi connectivity index (χ0n) is 12.7. The molecule has 1 saturated heterocycles. The summed E-state index contributed by atoms with van der Waals surface area (Å²) in [5.74, 6) is 0.569. The molecule has 0 saturated carbocycles. The average molecular weight is 289 g/mol. The van der Waals surface area contributed by atoms with Gasteiger partial charge in [-0.3, -0.25) is 4.90 Å². The van der Waals surface area contributed by atoms with Crippen LogP contribution in [0.5, 0.6) is 0 Å². The van der Waals surface area contributed by atoms with E-state index in [0.717, 1.165) is 43.9 Å². The molecule has 1 unspecified atom stereocenters. The first-order chi connectivity index (χ1) is 10.2. The van der Waals surface area contributed by atoms with Crippen LogP contribution in [0.1, 0.15) is 13.8 Å². The number of fused-ring (bicyclic) bond motifs is 1. The lowest BCUT2D eigenvalue weighted by Crippen LogP contribution is -2.49. The smallest absolute Gasteiger partial charge is 0.295 e. The van der Waals surface area contributed by atoms with Crippen LogP contribution < -0.4 is 5.32 Å². The Morgan fingerprint density at radius 2 is 2.00 bits per heavy atom. The minimum absolute atomic E-state index is 0.462. The monoisotopic (exact) mass is 289 g/mol. The van der Waals surface area contributed by atoms with E-state index in [0.29, 0.717) is 18.0 Å². The van der Waals surface area contributed by atoms with Crippen molar-refractivity contribution in [2.45, 2.75) is 19.9 Å². The standard InChI is InChI=1S/C16H23N3O2/c1-12(2)14(19-7-9-20-10-8-19)11-17-16-18-13-5-3-4-6-15(13)21-16/h3-6,12,14H,7-11H2,1-2H3,(H,17,18). The van der Waals surface area contributed by atoms with E-state index in [1.165, 1.54) is 0 Å². The van der Waals surface area contributed by atoms with Crippen LogP contribution in [-0.4, -0.2) is 48.8 Å². The maximum atomic E-state index is 5.72. The normalized spacial score (nSPS) is 18.2. The quantitative estimate of drug-likeness (QED) is 0.917. The van der Waals surface area contributed by atoms with Gasteiger partial charge in [0.1, 0.15) is 5.52 Å². The zero-order chi connectivity index (χ0) is 14.7. The van der Waals surface area contributed by atoms with E-state index in [1.54, 1.807) is 0 Å². The van der Waals surface area contributed by atoms with Gasteiger partial charge < -0.3 is 14.5 Å². The summed E-state index contributed by atoms with van der Waals surface area (Å²) < 4.78 is 11.2. The fraction of sp³-hybridized carbons (Fsp3) is 0.562. The van der Waals surface area contributed by atoms with Gasteiger partial charge in [0, 0.05) is 25.7 Å². The van der Waals surface area contributed by atoms with Crippen molar-refractivity contribution in [2.75, 3.05) is 38.2 Å². The predicted molar refractivity (Wildman–Crippen MR) is 83.5 cm³/mol. The highest BCUT2D eigenvalue weighted by Crippen LogP contribution is 2.19. The molecule has 0 spiro atoms. The molecule has 0 amide bonds. The van der Waals surface area contributed by atoms with E-state index in [9.17, 15) is 0 Å². The van der Waals surface area contributed by atoms with Crippen LogP contribution in [0.4, 0.5) is 6.01 Å². The Labute approximate surface area is 125 Å². The lowest BCUT2D eigenvalue weighted by Gasteiger charge is -2.36. The number of morpholine rings is 1. The van der Waals surface area contributed by atoms with Crippen LogP contribution in [0.3, 0.4) is 0 Å². The first-order valence-corrected chi connectivity index (χ1v) is 7.65. The van der Waals surface area contributed by atoms with Crippen molar-refractivity contribution < 1.29 is 9.15 Å². The minimum Gasteiger partial charge on any atom is -0.424 e. The third kappa shape index (κ3) is 3.36. The van der Waals surface area contributed by atoms with E-state index in [-0.39, 0.29) is 0 Å². The Balaban J connectivity index is 1.65. The van der Waals surface area contributed by atoms with Crippen molar-refractivity contribution in [3.05, 3.63) is 24.3 Å². The van der Waals surface area contributed by atoms with Crippen LogP contribution >= 0.6 is 0 Å². The van der Waals surface area contributed by atoms with Gasteiger partial charge in [0.2, 0.25) is 0 Å². The molecule has 1 aliphatic rings. The molecule has 1 atom stereocenters. The molecule has 1 aromatic carbocycles. The van der Waals surface area contributed by atoms with Gasteiger partial charge in [-0.15, -0.1) is 0 Å². The Morgan fingerprint density at radius 3 is 2.71 bits per heavy atom. The number of rotatable bonds is 5. The summed E-state index contributed by atoms with van der Waals surface area (Å²) >= 11 is 0. The molecule has 21 heavy (non-hydrogen) atoms. The summed E-state index contributed by atoms with van der Waals surface area (Å²) in [6.45, 7) is 9.00. The van der Waals surface area contributed by atoms with Gasteiger partial charge >= 0.3 is 0 Å². The van der Waals surface area contributed by atoms with E-state index in [1.807, 2.05) is 24.3 Å². The van der Waals surface area contributed by atoms with E-state index in [2.05, 4.69) is 29.0 Å². The predicted octanol–water partition coefficient (Wildman–Crippen LogP) is 2.60. The fourth-order valence-electron chi connectivity index (χ4n) is 2.84.